The topological polar surface area (TPSA) is 38.3 Å². The Kier molecular flexibility index (Phi) is 5.55. The molecule has 0 heterocycles. The summed E-state index contributed by atoms with van der Waals surface area (Å²) in [7, 11) is 0. The molecule has 0 saturated heterocycles. The first-order chi connectivity index (χ1) is 8.49. The van der Waals surface area contributed by atoms with E-state index in [0.29, 0.717) is 18.6 Å². The number of halogens is 2. The highest BCUT2D eigenvalue weighted by molar-refractivity contribution is 5.67. The quantitative estimate of drug-likeness (QED) is 0.880. The van der Waals surface area contributed by atoms with E-state index in [1.807, 2.05) is 13.8 Å². The van der Waals surface area contributed by atoms with Crippen LogP contribution in [0, 0.1) is 17.6 Å². The Balaban J connectivity index is 2.31. The highest BCUT2D eigenvalue weighted by Gasteiger charge is 2.06. The average molecular weight is 257 g/mol. The number of alkyl carbamates (subject to hydrolysis) is 1. The van der Waals surface area contributed by atoms with Gasteiger partial charge in [-0.25, -0.2) is 13.6 Å². The molecule has 1 amide bonds. The molecule has 0 fully saturated rings. The number of amides is 1. The largest absolute Gasteiger partial charge is 0.449 e. The number of carbonyl (C=O) groups excluding carboxylic acids is 1. The SMILES string of the molecule is CC(C)COC(=O)NCCc1ccc(F)cc1F. The summed E-state index contributed by atoms with van der Waals surface area (Å²) in [5, 5.41) is 2.51. The highest BCUT2D eigenvalue weighted by Crippen LogP contribution is 2.09. The first-order valence-corrected chi connectivity index (χ1v) is 5.83. The van der Waals surface area contributed by atoms with Gasteiger partial charge >= 0.3 is 6.09 Å². The third-order valence-electron chi connectivity index (χ3n) is 2.23. The molecular weight excluding hydrogens is 240 g/mol. The molecule has 1 N–H and O–H groups in total. The predicted octanol–water partition coefficient (Wildman–Crippen LogP) is 2.89. The Morgan fingerprint density at radius 3 is 2.72 bits per heavy atom. The van der Waals surface area contributed by atoms with Gasteiger partial charge in [-0.15, -0.1) is 0 Å². The number of hydrogen-bond acceptors (Lipinski definition) is 2. The Morgan fingerprint density at radius 2 is 2.11 bits per heavy atom. The standard InChI is InChI=1S/C13H17F2NO2/c1-9(2)8-18-13(17)16-6-5-10-3-4-11(14)7-12(10)15/h3-4,7,9H,5-6,8H2,1-2H3,(H,16,17). The van der Waals surface area contributed by atoms with Crippen molar-refractivity contribution < 1.29 is 18.3 Å². The number of nitrogens with one attached hydrogen (secondary N) is 1. The smallest absolute Gasteiger partial charge is 0.407 e. The number of benzene rings is 1. The minimum Gasteiger partial charge on any atom is -0.449 e. The second-order valence-electron chi connectivity index (χ2n) is 4.40. The van der Waals surface area contributed by atoms with E-state index in [0.717, 1.165) is 6.07 Å². The lowest BCUT2D eigenvalue weighted by Crippen LogP contribution is -2.27. The van der Waals surface area contributed by atoms with Crippen LogP contribution in [0.5, 0.6) is 0 Å². The first-order valence-electron chi connectivity index (χ1n) is 5.83. The third kappa shape index (κ3) is 5.12. The van der Waals surface area contributed by atoms with Gasteiger partial charge in [0.1, 0.15) is 11.6 Å². The highest BCUT2D eigenvalue weighted by atomic mass is 19.1. The van der Waals surface area contributed by atoms with Gasteiger partial charge in [0, 0.05) is 12.6 Å². The van der Waals surface area contributed by atoms with Crippen LogP contribution in [0.4, 0.5) is 13.6 Å². The predicted molar refractivity (Wildman–Crippen MR) is 64.3 cm³/mol. The molecule has 0 aliphatic carbocycles. The summed E-state index contributed by atoms with van der Waals surface area (Å²) >= 11 is 0. The van der Waals surface area contributed by atoms with Crippen LogP contribution >= 0.6 is 0 Å². The third-order valence-corrected chi connectivity index (χ3v) is 2.23. The van der Waals surface area contributed by atoms with Crippen LogP contribution in [0.1, 0.15) is 19.4 Å². The molecule has 0 atom stereocenters. The minimum atomic E-state index is -0.611. The van der Waals surface area contributed by atoms with Crippen LogP contribution in [-0.4, -0.2) is 19.2 Å². The molecule has 1 rings (SSSR count). The molecule has 0 aromatic heterocycles. The fourth-order valence-corrected chi connectivity index (χ4v) is 1.32. The molecule has 100 valence electrons. The molecule has 0 unspecified atom stereocenters. The van der Waals surface area contributed by atoms with Gasteiger partial charge in [-0.2, -0.15) is 0 Å². The van der Waals surface area contributed by atoms with Crippen LogP contribution in [0.15, 0.2) is 18.2 Å². The number of hydrogen-bond donors (Lipinski definition) is 1. The van der Waals surface area contributed by atoms with Gasteiger partial charge in [0.05, 0.1) is 6.61 Å². The molecule has 0 aliphatic heterocycles. The maximum absolute atomic E-state index is 13.2. The summed E-state index contributed by atoms with van der Waals surface area (Å²) in [5.41, 5.74) is 0.362. The average Bonchev–Trinajstić information content (AvgIpc) is 2.29. The molecule has 1 aromatic rings. The van der Waals surface area contributed by atoms with Gasteiger partial charge in [0.25, 0.3) is 0 Å². The maximum atomic E-state index is 13.2. The van der Waals surface area contributed by atoms with Crippen molar-refractivity contribution in [3.63, 3.8) is 0 Å². The summed E-state index contributed by atoms with van der Waals surface area (Å²) in [5.74, 6) is -0.946. The van der Waals surface area contributed by atoms with Gasteiger partial charge in [0.2, 0.25) is 0 Å². The first kappa shape index (κ1) is 14.4. The van der Waals surface area contributed by atoms with E-state index in [1.54, 1.807) is 0 Å². The molecular formula is C13H17F2NO2. The van der Waals surface area contributed by atoms with Crippen LogP contribution in [0.25, 0.3) is 0 Å². The lowest BCUT2D eigenvalue weighted by Gasteiger charge is -2.09. The van der Waals surface area contributed by atoms with E-state index in [2.05, 4.69) is 5.32 Å². The van der Waals surface area contributed by atoms with Gasteiger partial charge in [-0.3, -0.25) is 0 Å². The number of rotatable bonds is 5. The summed E-state index contributed by atoms with van der Waals surface area (Å²) in [6, 6.07) is 3.38. The zero-order chi connectivity index (χ0) is 13.5. The van der Waals surface area contributed by atoms with E-state index >= 15 is 0 Å². The van der Waals surface area contributed by atoms with E-state index < -0.39 is 17.7 Å². The fraction of sp³-hybridized carbons (Fsp3) is 0.462. The van der Waals surface area contributed by atoms with Gasteiger partial charge < -0.3 is 10.1 Å². The zero-order valence-electron chi connectivity index (χ0n) is 10.5. The van der Waals surface area contributed by atoms with Crippen molar-refractivity contribution in [1.29, 1.82) is 0 Å². The van der Waals surface area contributed by atoms with Crippen molar-refractivity contribution in [3.8, 4) is 0 Å². The molecule has 18 heavy (non-hydrogen) atoms. The minimum absolute atomic E-state index is 0.249. The second-order valence-corrected chi connectivity index (χ2v) is 4.40. The fourth-order valence-electron chi connectivity index (χ4n) is 1.32. The summed E-state index contributed by atoms with van der Waals surface area (Å²) < 4.78 is 30.8. The van der Waals surface area contributed by atoms with Crippen LogP contribution < -0.4 is 5.32 Å². The van der Waals surface area contributed by atoms with Gasteiger partial charge in [-0.05, 0) is 24.0 Å². The van der Waals surface area contributed by atoms with Crippen LogP contribution in [-0.2, 0) is 11.2 Å². The Morgan fingerprint density at radius 1 is 1.39 bits per heavy atom. The summed E-state index contributed by atoms with van der Waals surface area (Å²) in [6.07, 6.45) is -0.227. The lowest BCUT2D eigenvalue weighted by atomic mass is 10.1. The summed E-state index contributed by atoms with van der Waals surface area (Å²) in [4.78, 5) is 11.2. The molecule has 0 saturated carbocycles. The summed E-state index contributed by atoms with van der Waals surface area (Å²) in [6.45, 7) is 4.46. The van der Waals surface area contributed by atoms with Crippen molar-refractivity contribution in [2.24, 2.45) is 5.92 Å². The van der Waals surface area contributed by atoms with Crippen molar-refractivity contribution in [2.75, 3.05) is 13.2 Å². The van der Waals surface area contributed by atoms with E-state index in [-0.39, 0.29) is 12.5 Å². The van der Waals surface area contributed by atoms with E-state index in [1.165, 1.54) is 12.1 Å². The van der Waals surface area contributed by atoms with Crippen molar-refractivity contribution in [2.45, 2.75) is 20.3 Å². The Hall–Kier alpha value is -1.65. The molecule has 0 spiro atoms. The molecule has 0 bridgehead atoms. The van der Waals surface area contributed by atoms with Crippen molar-refractivity contribution in [1.82, 2.24) is 5.32 Å². The van der Waals surface area contributed by atoms with Crippen molar-refractivity contribution in [3.05, 3.63) is 35.4 Å². The van der Waals surface area contributed by atoms with Crippen LogP contribution in [0.3, 0.4) is 0 Å². The Bertz CT molecular complexity index is 408. The van der Waals surface area contributed by atoms with Gasteiger partial charge in [0.15, 0.2) is 0 Å². The van der Waals surface area contributed by atoms with Gasteiger partial charge in [-0.1, -0.05) is 19.9 Å². The van der Waals surface area contributed by atoms with Crippen LogP contribution in [0.2, 0.25) is 0 Å². The monoisotopic (exact) mass is 257 g/mol. The Labute approximate surface area is 105 Å². The molecule has 1 aromatic carbocycles. The molecule has 5 heteroatoms. The normalized spacial score (nSPS) is 10.5. The number of ether oxygens (including phenoxy) is 1. The lowest BCUT2D eigenvalue weighted by molar-refractivity contribution is 0.133. The van der Waals surface area contributed by atoms with E-state index in [9.17, 15) is 13.6 Å². The second kappa shape index (κ2) is 6.93. The number of carbonyl (C=O) groups is 1. The molecule has 0 aliphatic rings. The molecule has 0 radical (unpaired) electrons. The van der Waals surface area contributed by atoms with Crippen molar-refractivity contribution >= 4 is 6.09 Å². The molecule has 3 nitrogen and oxygen atoms in total. The maximum Gasteiger partial charge on any atom is 0.407 e. The van der Waals surface area contributed by atoms with E-state index in [4.69, 9.17) is 4.74 Å². The zero-order valence-corrected chi connectivity index (χ0v) is 10.5.